The van der Waals surface area contributed by atoms with Gasteiger partial charge in [-0.1, -0.05) is 11.6 Å². The normalized spacial score (nSPS) is 10.2. The lowest BCUT2D eigenvalue weighted by Crippen LogP contribution is -2.15. The summed E-state index contributed by atoms with van der Waals surface area (Å²) in [4.78, 5) is 23.2. The standard InChI is InChI=1S/C13H12ClN3O4/c1-17-6-8(11(16-17)13(19)20)12(18)15-7-3-4-10(21-2)9(14)5-7/h3-6H,1-2H3,(H,15,18)(H,19,20). The highest BCUT2D eigenvalue weighted by atomic mass is 35.5. The molecule has 2 N–H and O–H groups in total. The van der Waals surface area contributed by atoms with Gasteiger partial charge < -0.3 is 15.2 Å². The number of aryl methyl sites for hydroxylation is 1. The zero-order valence-corrected chi connectivity index (χ0v) is 12.0. The highest BCUT2D eigenvalue weighted by Crippen LogP contribution is 2.27. The molecule has 0 aliphatic rings. The molecule has 110 valence electrons. The summed E-state index contributed by atoms with van der Waals surface area (Å²) in [6, 6.07) is 4.70. The van der Waals surface area contributed by atoms with Gasteiger partial charge in [0.15, 0.2) is 5.69 Å². The van der Waals surface area contributed by atoms with Crippen LogP contribution in [0.1, 0.15) is 20.8 Å². The lowest BCUT2D eigenvalue weighted by atomic mass is 10.2. The van der Waals surface area contributed by atoms with Crippen LogP contribution in [0, 0.1) is 0 Å². The maximum Gasteiger partial charge on any atom is 0.357 e. The quantitative estimate of drug-likeness (QED) is 0.901. The van der Waals surface area contributed by atoms with E-state index >= 15 is 0 Å². The largest absolute Gasteiger partial charge is 0.495 e. The molecule has 21 heavy (non-hydrogen) atoms. The molecule has 0 unspecified atom stereocenters. The topological polar surface area (TPSA) is 93.5 Å². The van der Waals surface area contributed by atoms with E-state index in [-0.39, 0.29) is 11.3 Å². The van der Waals surface area contributed by atoms with E-state index in [0.29, 0.717) is 16.5 Å². The first-order valence-electron chi connectivity index (χ1n) is 5.84. The van der Waals surface area contributed by atoms with Gasteiger partial charge in [0, 0.05) is 18.9 Å². The SMILES string of the molecule is COc1ccc(NC(=O)c2cn(C)nc2C(=O)O)cc1Cl. The van der Waals surface area contributed by atoms with Crippen LogP contribution in [0.2, 0.25) is 5.02 Å². The zero-order chi connectivity index (χ0) is 15.6. The monoisotopic (exact) mass is 309 g/mol. The van der Waals surface area contributed by atoms with Crippen LogP contribution >= 0.6 is 11.6 Å². The number of ether oxygens (including phenoxy) is 1. The third-order valence-corrected chi connectivity index (χ3v) is 2.98. The Morgan fingerprint density at radius 1 is 1.43 bits per heavy atom. The van der Waals surface area contributed by atoms with Crippen molar-refractivity contribution >= 4 is 29.2 Å². The third kappa shape index (κ3) is 3.14. The van der Waals surface area contributed by atoms with Gasteiger partial charge in [0.05, 0.1) is 17.7 Å². The highest BCUT2D eigenvalue weighted by molar-refractivity contribution is 6.32. The summed E-state index contributed by atoms with van der Waals surface area (Å²) in [5.74, 6) is -1.38. The van der Waals surface area contributed by atoms with Gasteiger partial charge in [-0.2, -0.15) is 5.10 Å². The zero-order valence-electron chi connectivity index (χ0n) is 11.3. The minimum atomic E-state index is -1.27. The number of nitrogens with one attached hydrogen (secondary N) is 1. The fourth-order valence-corrected chi connectivity index (χ4v) is 2.01. The van der Waals surface area contributed by atoms with Crippen molar-refractivity contribution in [3.63, 3.8) is 0 Å². The molecule has 0 spiro atoms. The van der Waals surface area contributed by atoms with Crippen molar-refractivity contribution in [1.29, 1.82) is 0 Å². The van der Waals surface area contributed by atoms with Crippen LogP contribution < -0.4 is 10.1 Å². The number of carbonyl (C=O) groups excluding carboxylic acids is 1. The van der Waals surface area contributed by atoms with Crippen LogP contribution in [0.15, 0.2) is 24.4 Å². The van der Waals surface area contributed by atoms with Crippen molar-refractivity contribution in [1.82, 2.24) is 9.78 Å². The summed E-state index contributed by atoms with van der Waals surface area (Å²) in [5, 5.41) is 15.6. The number of aromatic nitrogens is 2. The summed E-state index contributed by atoms with van der Waals surface area (Å²) in [7, 11) is 3.02. The molecule has 1 aromatic heterocycles. The number of anilines is 1. The summed E-state index contributed by atoms with van der Waals surface area (Å²) in [6.07, 6.45) is 1.34. The highest BCUT2D eigenvalue weighted by Gasteiger charge is 2.21. The Labute approximate surface area is 125 Å². The smallest absolute Gasteiger partial charge is 0.357 e. The molecule has 0 radical (unpaired) electrons. The number of benzene rings is 1. The van der Waals surface area contributed by atoms with E-state index in [4.69, 9.17) is 21.4 Å². The van der Waals surface area contributed by atoms with Crippen LogP contribution in [0.25, 0.3) is 0 Å². The Morgan fingerprint density at radius 2 is 2.14 bits per heavy atom. The van der Waals surface area contributed by atoms with E-state index in [1.807, 2.05) is 0 Å². The van der Waals surface area contributed by atoms with Gasteiger partial charge >= 0.3 is 5.97 Å². The summed E-state index contributed by atoms with van der Waals surface area (Å²) in [6.45, 7) is 0. The van der Waals surface area contributed by atoms with Crippen molar-refractivity contribution < 1.29 is 19.4 Å². The minimum absolute atomic E-state index is 0.0306. The van der Waals surface area contributed by atoms with Crippen LogP contribution in [-0.4, -0.2) is 33.9 Å². The first-order chi connectivity index (χ1) is 9.92. The fourth-order valence-electron chi connectivity index (χ4n) is 1.76. The van der Waals surface area contributed by atoms with Gasteiger partial charge in [-0.3, -0.25) is 9.48 Å². The Hall–Kier alpha value is -2.54. The number of aromatic carboxylic acids is 1. The molecule has 1 amide bonds. The molecule has 8 heteroatoms. The molecule has 0 saturated carbocycles. The van der Waals surface area contributed by atoms with Crippen molar-refractivity contribution in [2.45, 2.75) is 0 Å². The van der Waals surface area contributed by atoms with E-state index in [1.54, 1.807) is 12.1 Å². The van der Waals surface area contributed by atoms with Gasteiger partial charge in [0.25, 0.3) is 5.91 Å². The summed E-state index contributed by atoms with van der Waals surface area (Å²) >= 11 is 5.96. The fraction of sp³-hybridized carbons (Fsp3) is 0.154. The van der Waals surface area contributed by atoms with E-state index in [2.05, 4.69) is 10.4 Å². The molecule has 2 rings (SSSR count). The molecule has 2 aromatic rings. The number of hydrogen-bond acceptors (Lipinski definition) is 4. The van der Waals surface area contributed by atoms with Gasteiger partial charge in [-0.25, -0.2) is 4.79 Å². The Kier molecular flexibility index (Phi) is 4.13. The van der Waals surface area contributed by atoms with Gasteiger partial charge in [-0.05, 0) is 18.2 Å². The van der Waals surface area contributed by atoms with Crippen molar-refractivity contribution in [2.75, 3.05) is 12.4 Å². The maximum atomic E-state index is 12.1. The Balaban J connectivity index is 2.26. The molecular formula is C13H12ClN3O4. The van der Waals surface area contributed by atoms with Gasteiger partial charge in [0.1, 0.15) is 5.75 Å². The number of carbonyl (C=O) groups is 2. The van der Waals surface area contributed by atoms with Crippen LogP contribution in [0.3, 0.4) is 0 Å². The Morgan fingerprint density at radius 3 is 2.71 bits per heavy atom. The third-order valence-electron chi connectivity index (χ3n) is 2.69. The van der Waals surface area contributed by atoms with Crippen molar-refractivity contribution in [3.05, 3.63) is 40.7 Å². The molecule has 1 heterocycles. The number of carboxylic acid groups (broad SMARTS) is 1. The average Bonchev–Trinajstić information content (AvgIpc) is 2.81. The number of rotatable bonds is 4. The molecule has 0 fully saturated rings. The van der Waals surface area contributed by atoms with Crippen LogP contribution in [0.5, 0.6) is 5.75 Å². The average molecular weight is 310 g/mol. The maximum absolute atomic E-state index is 12.1. The number of nitrogens with zero attached hydrogens (tertiary/aromatic N) is 2. The van der Waals surface area contributed by atoms with E-state index in [9.17, 15) is 9.59 Å². The first kappa shape index (κ1) is 14.9. The second kappa shape index (κ2) is 5.84. The predicted molar refractivity (Wildman–Crippen MR) is 76.1 cm³/mol. The number of carboxylic acids is 1. The molecule has 0 aliphatic carbocycles. The molecule has 0 aliphatic heterocycles. The number of amides is 1. The van der Waals surface area contributed by atoms with Crippen molar-refractivity contribution in [2.24, 2.45) is 7.05 Å². The summed E-state index contributed by atoms with van der Waals surface area (Å²) in [5.41, 5.74) is 0.0811. The van der Waals surface area contributed by atoms with E-state index in [1.165, 1.54) is 31.1 Å². The summed E-state index contributed by atoms with van der Waals surface area (Å²) < 4.78 is 6.27. The molecule has 0 bridgehead atoms. The molecule has 1 aromatic carbocycles. The van der Waals surface area contributed by atoms with Gasteiger partial charge in [0.2, 0.25) is 0 Å². The number of hydrogen-bond donors (Lipinski definition) is 2. The number of methoxy groups -OCH3 is 1. The van der Waals surface area contributed by atoms with Crippen LogP contribution in [0.4, 0.5) is 5.69 Å². The second-order valence-electron chi connectivity index (χ2n) is 4.17. The van der Waals surface area contributed by atoms with E-state index < -0.39 is 11.9 Å². The first-order valence-corrected chi connectivity index (χ1v) is 6.22. The van der Waals surface area contributed by atoms with E-state index in [0.717, 1.165) is 0 Å². The molecular weight excluding hydrogens is 298 g/mol. The van der Waals surface area contributed by atoms with Gasteiger partial charge in [-0.15, -0.1) is 0 Å². The minimum Gasteiger partial charge on any atom is -0.495 e. The Bertz CT molecular complexity index is 711. The predicted octanol–water partition coefficient (Wildman–Crippen LogP) is 2.03. The number of halogens is 1. The molecule has 0 saturated heterocycles. The van der Waals surface area contributed by atoms with Crippen LogP contribution in [-0.2, 0) is 7.05 Å². The second-order valence-corrected chi connectivity index (χ2v) is 4.58. The lowest BCUT2D eigenvalue weighted by molar-refractivity contribution is 0.0685. The van der Waals surface area contributed by atoms with Crippen molar-refractivity contribution in [3.8, 4) is 5.75 Å². The lowest BCUT2D eigenvalue weighted by Gasteiger charge is -2.07. The molecule has 0 atom stereocenters. The molecule has 7 nitrogen and oxygen atoms in total.